The highest BCUT2D eigenvalue weighted by molar-refractivity contribution is 9.09. The molecule has 0 spiro atoms. The number of ether oxygens (including phenoxy) is 1. The molecule has 2 atom stereocenters. The summed E-state index contributed by atoms with van der Waals surface area (Å²) in [6.07, 6.45) is 2.95. The van der Waals surface area contributed by atoms with Crippen molar-refractivity contribution in [3.63, 3.8) is 0 Å². The number of aryl methyl sites for hydroxylation is 1. The number of alkyl halides is 1. The smallest absolute Gasteiger partial charge is 0.313 e. The molecule has 1 saturated carbocycles. The molecule has 2 rings (SSSR count). The van der Waals surface area contributed by atoms with Crippen LogP contribution in [-0.2, 0) is 0 Å². The van der Waals surface area contributed by atoms with Gasteiger partial charge in [-0.15, -0.1) is 0 Å². The highest BCUT2D eigenvalue weighted by atomic mass is 79.9. The number of hydrogen-bond acceptors (Lipinski definition) is 3. The Labute approximate surface area is 127 Å². The molecule has 2 unspecified atom stereocenters. The molecular formula is C15H20BrNO3. The normalized spacial score (nSPS) is 24.0. The Hall–Kier alpha value is -1.10. The van der Waals surface area contributed by atoms with E-state index in [0.29, 0.717) is 16.1 Å². The van der Waals surface area contributed by atoms with Gasteiger partial charge in [-0.25, -0.2) is 0 Å². The summed E-state index contributed by atoms with van der Waals surface area (Å²) >= 11 is 3.71. The molecule has 0 aliphatic heterocycles. The fraction of sp³-hybridized carbons (Fsp3) is 0.600. The number of nitro groups is 1. The molecule has 0 amide bonds. The summed E-state index contributed by atoms with van der Waals surface area (Å²) in [6, 6.07) is 5.25. The van der Waals surface area contributed by atoms with Crippen molar-refractivity contribution in [1.82, 2.24) is 0 Å². The maximum absolute atomic E-state index is 11.2. The van der Waals surface area contributed by atoms with E-state index in [1.54, 1.807) is 19.1 Å². The number of benzene rings is 1. The second-order valence-corrected chi connectivity index (χ2v) is 6.53. The molecule has 1 aromatic rings. The molecule has 110 valence electrons. The fourth-order valence-corrected chi connectivity index (χ4v) is 4.41. The SMILES string of the molecule is CCC1(CC)C(Br)CC1Oc1cccc(C)c1[N+](=O)[O-]. The van der Waals surface area contributed by atoms with E-state index in [4.69, 9.17) is 4.74 Å². The summed E-state index contributed by atoms with van der Waals surface area (Å²) in [5.41, 5.74) is 0.810. The highest BCUT2D eigenvalue weighted by Crippen LogP contribution is 2.53. The Morgan fingerprint density at radius 2 is 2.10 bits per heavy atom. The van der Waals surface area contributed by atoms with Gasteiger partial charge in [-0.05, 0) is 32.3 Å². The molecule has 1 aliphatic rings. The maximum atomic E-state index is 11.2. The lowest BCUT2D eigenvalue weighted by Gasteiger charge is -2.52. The Bertz CT molecular complexity index is 514. The van der Waals surface area contributed by atoms with Crippen LogP contribution in [0.4, 0.5) is 5.69 Å². The van der Waals surface area contributed by atoms with E-state index in [-0.39, 0.29) is 22.1 Å². The zero-order valence-corrected chi connectivity index (χ0v) is 13.6. The van der Waals surface area contributed by atoms with Crippen molar-refractivity contribution in [3.05, 3.63) is 33.9 Å². The van der Waals surface area contributed by atoms with Gasteiger partial charge in [0.15, 0.2) is 5.75 Å². The molecule has 20 heavy (non-hydrogen) atoms. The van der Waals surface area contributed by atoms with Crippen LogP contribution in [0.15, 0.2) is 18.2 Å². The summed E-state index contributed by atoms with van der Waals surface area (Å²) < 4.78 is 6.02. The Balaban J connectivity index is 2.28. The van der Waals surface area contributed by atoms with Crippen molar-refractivity contribution in [3.8, 4) is 5.75 Å². The summed E-state index contributed by atoms with van der Waals surface area (Å²) in [7, 11) is 0. The van der Waals surface area contributed by atoms with Crippen LogP contribution < -0.4 is 4.74 Å². The van der Waals surface area contributed by atoms with E-state index < -0.39 is 0 Å². The number of para-hydroxylation sites is 1. The van der Waals surface area contributed by atoms with E-state index in [2.05, 4.69) is 29.8 Å². The summed E-state index contributed by atoms with van der Waals surface area (Å²) in [6.45, 7) is 6.04. The minimum atomic E-state index is -0.353. The predicted molar refractivity (Wildman–Crippen MR) is 82.6 cm³/mol. The molecular weight excluding hydrogens is 322 g/mol. The van der Waals surface area contributed by atoms with Crippen molar-refractivity contribution in [2.45, 2.75) is 51.0 Å². The second-order valence-electron chi connectivity index (χ2n) is 5.43. The van der Waals surface area contributed by atoms with E-state index in [1.165, 1.54) is 0 Å². The van der Waals surface area contributed by atoms with Gasteiger partial charge in [0, 0.05) is 15.8 Å². The van der Waals surface area contributed by atoms with Gasteiger partial charge in [0.05, 0.1) is 4.92 Å². The number of halogens is 1. The molecule has 0 heterocycles. The monoisotopic (exact) mass is 341 g/mol. The van der Waals surface area contributed by atoms with Gasteiger partial charge in [0.1, 0.15) is 6.10 Å². The minimum absolute atomic E-state index is 0.0439. The van der Waals surface area contributed by atoms with Crippen molar-refractivity contribution in [1.29, 1.82) is 0 Å². The van der Waals surface area contributed by atoms with Crippen LogP contribution in [0.1, 0.15) is 38.7 Å². The largest absolute Gasteiger partial charge is 0.483 e. The van der Waals surface area contributed by atoms with Gasteiger partial charge in [0.2, 0.25) is 0 Å². The summed E-state index contributed by atoms with van der Waals surface area (Å²) in [4.78, 5) is 11.3. The van der Waals surface area contributed by atoms with Crippen molar-refractivity contribution in [2.75, 3.05) is 0 Å². The first-order valence-corrected chi connectivity index (χ1v) is 7.92. The standard InChI is InChI=1S/C15H20BrNO3/c1-4-15(5-2)12(16)9-13(15)20-11-8-6-7-10(3)14(11)17(18)19/h6-8,12-13H,4-5,9H2,1-3H3. The molecule has 5 heteroatoms. The summed E-state index contributed by atoms with van der Waals surface area (Å²) in [5, 5.41) is 11.2. The average Bonchev–Trinajstić information content (AvgIpc) is 2.39. The van der Waals surface area contributed by atoms with Gasteiger partial charge in [-0.3, -0.25) is 10.1 Å². The maximum Gasteiger partial charge on any atom is 0.313 e. The Kier molecular flexibility index (Phi) is 4.37. The molecule has 0 aromatic heterocycles. The first-order chi connectivity index (χ1) is 9.46. The molecule has 0 radical (unpaired) electrons. The second kappa shape index (κ2) is 5.72. The third kappa shape index (κ3) is 2.32. The molecule has 4 nitrogen and oxygen atoms in total. The number of nitro benzene ring substituents is 1. The quantitative estimate of drug-likeness (QED) is 0.446. The zero-order chi connectivity index (χ0) is 14.9. The van der Waals surface area contributed by atoms with Gasteiger partial charge in [-0.2, -0.15) is 0 Å². The Morgan fingerprint density at radius 3 is 2.60 bits per heavy atom. The van der Waals surface area contributed by atoms with Gasteiger partial charge in [-0.1, -0.05) is 41.9 Å². The van der Waals surface area contributed by atoms with Crippen LogP contribution in [0.2, 0.25) is 0 Å². The van der Waals surface area contributed by atoms with E-state index in [9.17, 15) is 10.1 Å². The third-order valence-electron chi connectivity index (χ3n) is 4.66. The van der Waals surface area contributed by atoms with Crippen LogP contribution in [0.5, 0.6) is 5.75 Å². The van der Waals surface area contributed by atoms with Gasteiger partial charge >= 0.3 is 5.69 Å². The van der Waals surface area contributed by atoms with E-state index in [0.717, 1.165) is 19.3 Å². The van der Waals surface area contributed by atoms with Crippen LogP contribution in [0.25, 0.3) is 0 Å². The number of hydrogen-bond donors (Lipinski definition) is 0. The number of rotatable bonds is 5. The lowest BCUT2D eigenvalue weighted by atomic mass is 9.62. The molecule has 0 bridgehead atoms. The van der Waals surface area contributed by atoms with Gasteiger partial charge < -0.3 is 4.74 Å². The van der Waals surface area contributed by atoms with Crippen LogP contribution in [0, 0.1) is 22.5 Å². The topological polar surface area (TPSA) is 52.4 Å². The molecule has 0 N–H and O–H groups in total. The van der Waals surface area contributed by atoms with Gasteiger partial charge in [0.25, 0.3) is 0 Å². The molecule has 1 aromatic carbocycles. The van der Waals surface area contributed by atoms with Crippen molar-refractivity contribution in [2.24, 2.45) is 5.41 Å². The van der Waals surface area contributed by atoms with Crippen LogP contribution in [0.3, 0.4) is 0 Å². The lowest BCUT2D eigenvalue weighted by molar-refractivity contribution is -0.386. The summed E-state index contributed by atoms with van der Waals surface area (Å²) in [5.74, 6) is 0.394. The highest BCUT2D eigenvalue weighted by Gasteiger charge is 2.53. The minimum Gasteiger partial charge on any atom is -0.483 e. The number of nitrogens with zero attached hydrogens (tertiary/aromatic N) is 1. The average molecular weight is 342 g/mol. The predicted octanol–water partition coefficient (Wildman–Crippen LogP) is 4.62. The fourth-order valence-electron chi connectivity index (χ4n) is 3.13. The molecule has 0 saturated heterocycles. The van der Waals surface area contributed by atoms with E-state index in [1.807, 2.05) is 6.07 Å². The molecule has 1 fully saturated rings. The third-order valence-corrected chi connectivity index (χ3v) is 5.94. The Morgan fingerprint density at radius 1 is 1.45 bits per heavy atom. The zero-order valence-electron chi connectivity index (χ0n) is 12.1. The van der Waals surface area contributed by atoms with Crippen molar-refractivity contribution < 1.29 is 9.66 Å². The first-order valence-electron chi connectivity index (χ1n) is 7.01. The molecule has 1 aliphatic carbocycles. The first kappa shape index (κ1) is 15.3. The van der Waals surface area contributed by atoms with Crippen molar-refractivity contribution >= 4 is 21.6 Å². The van der Waals surface area contributed by atoms with E-state index >= 15 is 0 Å². The van der Waals surface area contributed by atoms with Crippen LogP contribution >= 0.6 is 15.9 Å². The van der Waals surface area contributed by atoms with Crippen LogP contribution in [-0.4, -0.2) is 15.9 Å². The lowest BCUT2D eigenvalue weighted by Crippen LogP contribution is -2.56.